The summed E-state index contributed by atoms with van der Waals surface area (Å²) in [6, 6.07) is 23.0. The smallest absolute Gasteiger partial charge is 0.262 e. The van der Waals surface area contributed by atoms with Crippen LogP contribution in [0.15, 0.2) is 78.9 Å². The molecule has 0 spiro atoms. The molecule has 0 fully saturated rings. The van der Waals surface area contributed by atoms with Gasteiger partial charge in [-0.2, -0.15) is 0 Å². The summed E-state index contributed by atoms with van der Waals surface area (Å²) in [6.07, 6.45) is 3.27. The first-order valence-electron chi connectivity index (χ1n) is 11.5. The Morgan fingerprint density at radius 1 is 0.800 bits per heavy atom. The predicted octanol–water partition coefficient (Wildman–Crippen LogP) is 5.40. The van der Waals surface area contributed by atoms with Gasteiger partial charge in [0, 0.05) is 16.9 Å². The van der Waals surface area contributed by atoms with Crippen molar-refractivity contribution in [3.8, 4) is 11.5 Å². The average molecular weight is 492 g/mol. The number of hydrogen-bond donors (Lipinski definition) is 3. The summed E-state index contributed by atoms with van der Waals surface area (Å²) < 4.78 is 11.1. The van der Waals surface area contributed by atoms with Crippen LogP contribution in [-0.2, 0) is 4.79 Å². The van der Waals surface area contributed by atoms with Crippen molar-refractivity contribution in [2.45, 2.75) is 26.2 Å². The summed E-state index contributed by atoms with van der Waals surface area (Å²) in [6.45, 7) is 2.69. The van der Waals surface area contributed by atoms with Crippen molar-refractivity contribution >= 4 is 40.5 Å². The van der Waals surface area contributed by atoms with Gasteiger partial charge in [0.2, 0.25) is 0 Å². The van der Waals surface area contributed by atoms with E-state index in [9.17, 15) is 9.59 Å². The van der Waals surface area contributed by atoms with E-state index in [2.05, 4.69) is 22.9 Å². The Morgan fingerprint density at radius 3 is 2.20 bits per heavy atom. The topological polar surface area (TPSA) is 88.7 Å². The SMILES string of the molecule is CCCCCOc1ccc(C(=O)NC(=S)Nc2cccc(NC(=O)COc3ccccc3)c2)cc1. The number of unbranched alkanes of at least 4 members (excludes halogenated alkanes) is 2. The van der Waals surface area contributed by atoms with Gasteiger partial charge in [-0.1, -0.05) is 44.0 Å². The molecule has 182 valence electrons. The second kappa shape index (κ2) is 13.7. The molecular weight excluding hydrogens is 462 g/mol. The molecular formula is C27H29N3O4S. The van der Waals surface area contributed by atoms with Crippen molar-refractivity contribution in [1.82, 2.24) is 5.32 Å². The minimum Gasteiger partial charge on any atom is -0.494 e. The molecule has 0 saturated heterocycles. The van der Waals surface area contributed by atoms with E-state index >= 15 is 0 Å². The highest BCUT2D eigenvalue weighted by Gasteiger charge is 2.09. The van der Waals surface area contributed by atoms with Gasteiger partial charge in [0.15, 0.2) is 11.7 Å². The van der Waals surface area contributed by atoms with Gasteiger partial charge in [-0.25, -0.2) is 0 Å². The average Bonchev–Trinajstić information content (AvgIpc) is 2.86. The minimum absolute atomic E-state index is 0.112. The lowest BCUT2D eigenvalue weighted by Gasteiger charge is -2.12. The van der Waals surface area contributed by atoms with E-state index in [-0.39, 0.29) is 23.5 Å². The highest BCUT2D eigenvalue weighted by atomic mass is 32.1. The number of benzene rings is 3. The van der Waals surface area contributed by atoms with Crippen LogP contribution in [0, 0.1) is 0 Å². The number of hydrogen-bond acceptors (Lipinski definition) is 5. The second-order valence-electron chi connectivity index (χ2n) is 7.72. The standard InChI is InChI=1S/C27H29N3O4S/c1-2-3-7-17-33-24-15-13-20(14-16-24)26(32)30-27(35)29-22-10-8-9-21(18-22)28-25(31)19-34-23-11-5-4-6-12-23/h4-6,8-16,18H,2-3,7,17,19H2,1H3,(H,28,31)(H2,29,30,32,35). The molecule has 3 aromatic carbocycles. The number of carbonyl (C=O) groups excluding carboxylic acids is 2. The molecule has 0 atom stereocenters. The number of anilines is 2. The highest BCUT2D eigenvalue weighted by molar-refractivity contribution is 7.80. The van der Waals surface area contributed by atoms with Crippen LogP contribution in [0.3, 0.4) is 0 Å². The Hall–Kier alpha value is -3.91. The molecule has 0 unspecified atom stereocenters. The van der Waals surface area contributed by atoms with Gasteiger partial charge < -0.3 is 20.1 Å². The quantitative estimate of drug-likeness (QED) is 0.246. The van der Waals surface area contributed by atoms with Crippen LogP contribution in [0.1, 0.15) is 36.5 Å². The monoisotopic (exact) mass is 491 g/mol. The van der Waals surface area contributed by atoms with E-state index in [1.165, 1.54) is 0 Å². The fourth-order valence-corrected chi connectivity index (χ4v) is 3.33. The van der Waals surface area contributed by atoms with Crippen molar-refractivity contribution in [2.75, 3.05) is 23.8 Å². The molecule has 3 aromatic rings. The molecule has 35 heavy (non-hydrogen) atoms. The number of carbonyl (C=O) groups is 2. The first kappa shape index (κ1) is 25.7. The zero-order valence-electron chi connectivity index (χ0n) is 19.6. The summed E-state index contributed by atoms with van der Waals surface area (Å²) in [5.74, 6) is 0.724. The molecule has 0 aliphatic carbocycles. The number of para-hydroxylation sites is 1. The third kappa shape index (κ3) is 9.10. The van der Waals surface area contributed by atoms with Gasteiger partial charge in [0.25, 0.3) is 11.8 Å². The fraction of sp³-hybridized carbons (Fsp3) is 0.222. The van der Waals surface area contributed by atoms with E-state index in [0.29, 0.717) is 29.3 Å². The first-order valence-corrected chi connectivity index (χ1v) is 11.9. The van der Waals surface area contributed by atoms with E-state index in [0.717, 1.165) is 25.0 Å². The molecule has 8 heteroatoms. The van der Waals surface area contributed by atoms with Gasteiger partial charge in [0.1, 0.15) is 11.5 Å². The molecule has 0 heterocycles. The zero-order chi connectivity index (χ0) is 24.9. The number of rotatable bonds is 11. The van der Waals surface area contributed by atoms with Crippen molar-refractivity contribution in [3.63, 3.8) is 0 Å². The van der Waals surface area contributed by atoms with Crippen LogP contribution in [0.5, 0.6) is 11.5 Å². The Labute approximate surface area is 210 Å². The number of ether oxygens (including phenoxy) is 2. The highest BCUT2D eigenvalue weighted by Crippen LogP contribution is 2.16. The van der Waals surface area contributed by atoms with Crippen LogP contribution in [0.25, 0.3) is 0 Å². The predicted molar refractivity (Wildman–Crippen MR) is 142 cm³/mol. The van der Waals surface area contributed by atoms with E-state index in [1.54, 1.807) is 60.7 Å². The Bertz CT molecular complexity index is 1120. The van der Waals surface area contributed by atoms with Crippen molar-refractivity contribution < 1.29 is 19.1 Å². The summed E-state index contributed by atoms with van der Waals surface area (Å²) in [5, 5.41) is 8.53. The van der Waals surface area contributed by atoms with Crippen LogP contribution >= 0.6 is 12.2 Å². The van der Waals surface area contributed by atoms with Crippen LogP contribution in [0.2, 0.25) is 0 Å². The fourth-order valence-electron chi connectivity index (χ4n) is 3.12. The van der Waals surface area contributed by atoms with Gasteiger partial charge in [-0.15, -0.1) is 0 Å². The number of thiocarbonyl (C=S) groups is 1. The van der Waals surface area contributed by atoms with Crippen LogP contribution in [0.4, 0.5) is 11.4 Å². The Balaban J connectivity index is 1.46. The zero-order valence-corrected chi connectivity index (χ0v) is 20.4. The molecule has 2 amide bonds. The molecule has 0 aliphatic rings. The minimum atomic E-state index is -0.331. The van der Waals surface area contributed by atoms with Gasteiger partial charge in [0.05, 0.1) is 6.61 Å². The van der Waals surface area contributed by atoms with Crippen LogP contribution < -0.4 is 25.4 Å². The van der Waals surface area contributed by atoms with Crippen molar-refractivity contribution in [1.29, 1.82) is 0 Å². The third-order valence-electron chi connectivity index (χ3n) is 4.88. The lowest BCUT2D eigenvalue weighted by Crippen LogP contribution is -2.34. The summed E-state index contributed by atoms with van der Waals surface area (Å²) in [4.78, 5) is 24.7. The molecule has 0 aromatic heterocycles. The van der Waals surface area contributed by atoms with E-state index in [1.807, 2.05) is 18.2 Å². The molecule has 0 saturated carbocycles. The van der Waals surface area contributed by atoms with E-state index in [4.69, 9.17) is 21.7 Å². The summed E-state index contributed by atoms with van der Waals surface area (Å²) in [7, 11) is 0. The Kier molecular flexibility index (Phi) is 10.1. The molecule has 0 bridgehead atoms. The lowest BCUT2D eigenvalue weighted by atomic mass is 10.2. The van der Waals surface area contributed by atoms with Crippen molar-refractivity contribution in [3.05, 3.63) is 84.4 Å². The first-order chi connectivity index (χ1) is 17.0. The summed E-state index contributed by atoms with van der Waals surface area (Å²) >= 11 is 5.27. The van der Waals surface area contributed by atoms with E-state index < -0.39 is 0 Å². The maximum absolute atomic E-state index is 12.5. The molecule has 3 N–H and O–H groups in total. The van der Waals surface area contributed by atoms with Crippen molar-refractivity contribution in [2.24, 2.45) is 0 Å². The largest absolute Gasteiger partial charge is 0.494 e. The molecule has 3 rings (SSSR count). The molecule has 0 radical (unpaired) electrons. The molecule has 7 nitrogen and oxygen atoms in total. The van der Waals surface area contributed by atoms with Gasteiger partial charge >= 0.3 is 0 Å². The maximum Gasteiger partial charge on any atom is 0.262 e. The van der Waals surface area contributed by atoms with Crippen LogP contribution in [-0.4, -0.2) is 30.1 Å². The van der Waals surface area contributed by atoms with Gasteiger partial charge in [-0.05, 0) is 73.2 Å². The number of amides is 2. The van der Waals surface area contributed by atoms with Gasteiger partial charge in [-0.3, -0.25) is 14.9 Å². The second-order valence-corrected chi connectivity index (χ2v) is 8.13. The number of nitrogens with one attached hydrogen (secondary N) is 3. The lowest BCUT2D eigenvalue weighted by molar-refractivity contribution is -0.118. The summed E-state index contributed by atoms with van der Waals surface area (Å²) in [5.41, 5.74) is 1.66. The third-order valence-corrected chi connectivity index (χ3v) is 5.08. The molecule has 0 aliphatic heterocycles. The Morgan fingerprint density at radius 2 is 1.49 bits per heavy atom. The normalized spacial score (nSPS) is 10.2. The maximum atomic E-state index is 12.5.